The van der Waals surface area contributed by atoms with Crippen molar-refractivity contribution in [2.75, 3.05) is 58.3 Å². The molecule has 2 aliphatic heterocycles. The number of hydrogen-bond acceptors (Lipinski definition) is 3. The molecule has 0 aliphatic carbocycles. The van der Waals surface area contributed by atoms with Crippen molar-refractivity contribution < 1.29 is 4.79 Å². The third-order valence-corrected chi connectivity index (χ3v) is 5.47. The van der Waals surface area contributed by atoms with Crippen LogP contribution in [-0.2, 0) is 0 Å². The first-order valence-electron chi connectivity index (χ1n) is 9.19. The fraction of sp³-hybridized carbons (Fsp3) is 0.632. The number of benzene rings is 1. The normalized spacial score (nSPS) is 23.5. The summed E-state index contributed by atoms with van der Waals surface area (Å²) in [5, 5.41) is 3.92. The molecule has 1 aromatic rings. The fourth-order valence-electron chi connectivity index (χ4n) is 3.91. The molecule has 1 aromatic carbocycles. The Morgan fingerprint density at radius 3 is 2.60 bits per heavy atom. The van der Waals surface area contributed by atoms with E-state index < -0.39 is 0 Å². The Balaban J connectivity index is 1.41. The predicted molar refractivity (Wildman–Crippen MR) is 103 cm³/mol. The number of nitrogens with one attached hydrogen (secondary N) is 1. The maximum absolute atomic E-state index is 12.4. The molecule has 2 atom stereocenters. The van der Waals surface area contributed by atoms with E-state index in [1.54, 1.807) is 0 Å². The molecule has 2 amide bonds. The van der Waals surface area contributed by atoms with E-state index in [0.29, 0.717) is 11.8 Å². The molecular weight excluding hydrogens is 336 g/mol. The molecule has 0 radical (unpaired) electrons. The van der Waals surface area contributed by atoms with E-state index in [1.807, 2.05) is 17.0 Å². The van der Waals surface area contributed by atoms with Crippen LogP contribution in [0.3, 0.4) is 0 Å². The highest BCUT2D eigenvalue weighted by Gasteiger charge is 2.28. The highest BCUT2D eigenvalue weighted by molar-refractivity contribution is 6.30. The van der Waals surface area contributed by atoms with Gasteiger partial charge in [-0.1, -0.05) is 11.6 Å². The van der Waals surface area contributed by atoms with E-state index in [4.69, 9.17) is 11.6 Å². The first kappa shape index (κ1) is 18.3. The van der Waals surface area contributed by atoms with Crippen LogP contribution >= 0.6 is 11.6 Å². The largest absolute Gasteiger partial charge is 0.371 e. The molecule has 3 rings (SSSR count). The number of urea groups is 1. The number of rotatable bonds is 5. The van der Waals surface area contributed by atoms with Gasteiger partial charge in [0.25, 0.3) is 0 Å². The lowest BCUT2D eigenvalue weighted by Gasteiger charge is -2.21. The van der Waals surface area contributed by atoms with Gasteiger partial charge in [0, 0.05) is 50.0 Å². The van der Waals surface area contributed by atoms with E-state index >= 15 is 0 Å². The van der Waals surface area contributed by atoms with Crippen LogP contribution in [0.5, 0.6) is 0 Å². The van der Waals surface area contributed by atoms with Crippen molar-refractivity contribution >= 4 is 23.3 Å². The third kappa shape index (κ3) is 5.02. The summed E-state index contributed by atoms with van der Waals surface area (Å²) in [6.45, 7) is 5.61. The summed E-state index contributed by atoms with van der Waals surface area (Å²) in [5.74, 6) is 1.12. The van der Waals surface area contributed by atoms with Gasteiger partial charge in [-0.3, -0.25) is 0 Å². The summed E-state index contributed by atoms with van der Waals surface area (Å²) in [5.41, 5.74) is 1.21. The van der Waals surface area contributed by atoms with Gasteiger partial charge in [-0.2, -0.15) is 0 Å². The fourth-order valence-corrected chi connectivity index (χ4v) is 4.04. The van der Waals surface area contributed by atoms with Gasteiger partial charge in [0.15, 0.2) is 0 Å². The molecule has 2 unspecified atom stereocenters. The molecule has 2 saturated heterocycles. The van der Waals surface area contributed by atoms with E-state index in [9.17, 15) is 4.79 Å². The lowest BCUT2D eigenvalue weighted by molar-refractivity contribution is 0.204. The van der Waals surface area contributed by atoms with Crippen molar-refractivity contribution in [2.24, 2.45) is 11.8 Å². The standard InChI is InChI=1S/C19H29ClN4O/c1-22(2)12-16-8-10-24(14-16)19(25)21-11-15-7-9-23(13-15)18-5-3-17(20)4-6-18/h3-6,15-16H,7-14H2,1-2H3,(H,21,25). The van der Waals surface area contributed by atoms with Gasteiger partial charge >= 0.3 is 6.03 Å². The first-order valence-corrected chi connectivity index (χ1v) is 9.57. The van der Waals surface area contributed by atoms with Gasteiger partial charge in [0.1, 0.15) is 0 Å². The number of hydrogen-bond donors (Lipinski definition) is 1. The quantitative estimate of drug-likeness (QED) is 0.873. The van der Waals surface area contributed by atoms with Crippen LogP contribution in [0.15, 0.2) is 24.3 Å². The molecule has 5 nitrogen and oxygen atoms in total. The number of halogens is 1. The Labute approximate surface area is 155 Å². The van der Waals surface area contributed by atoms with E-state index in [1.165, 1.54) is 5.69 Å². The summed E-state index contributed by atoms with van der Waals surface area (Å²) < 4.78 is 0. The smallest absolute Gasteiger partial charge is 0.317 e. The number of amides is 2. The van der Waals surface area contributed by atoms with E-state index in [2.05, 4.69) is 41.3 Å². The molecule has 2 aliphatic rings. The van der Waals surface area contributed by atoms with Crippen molar-refractivity contribution in [1.29, 1.82) is 0 Å². The number of carbonyl (C=O) groups excluding carboxylic acids is 1. The molecule has 0 aromatic heterocycles. The minimum atomic E-state index is 0.103. The molecule has 0 bridgehead atoms. The van der Waals surface area contributed by atoms with Crippen LogP contribution in [0.25, 0.3) is 0 Å². The van der Waals surface area contributed by atoms with Gasteiger partial charge in [0.2, 0.25) is 0 Å². The predicted octanol–water partition coefficient (Wildman–Crippen LogP) is 2.76. The Hall–Kier alpha value is -1.46. The van der Waals surface area contributed by atoms with Crippen molar-refractivity contribution in [3.05, 3.63) is 29.3 Å². The minimum absolute atomic E-state index is 0.103. The van der Waals surface area contributed by atoms with Gasteiger partial charge in [0.05, 0.1) is 0 Å². The Morgan fingerprint density at radius 1 is 1.16 bits per heavy atom. The Morgan fingerprint density at radius 2 is 1.88 bits per heavy atom. The van der Waals surface area contributed by atoms with Crippen LogP contribution in [0.1, 0.15) is 12.8 Å². The van der Waals surface area contributed by atoms with Gasteiger partial charge in [-0.15, -0.1) is 0 Å². The Bertz CT molecular complexity index is 577. The summed E-state index contributed by atoms with van der Waals surface area (Å²) in [6.07, 6.45) is 2.23. The molecule has 2 fully saturated rings. The summed E-state index contributed by atoms with van der Waals surface area (Å²) >= 11 is 5.96. The Kier molecular flexibility index (Phi) is 6.07. The number of carbonyl (C=O) groups is 1. The van der Waals surface area contributed by atoms with E-state index in [-0.39, 0.29) is 6.03 Å². The zero-order chi connectivity index (χ0) is 17.8. The van der Waals surface area contributed by atoms with Crippen LogP contribution in [0.2, 0.25) is 5.02 Å². The average molecular weight is 365 g/mol. The second-order valence-corrected chi connectivity index (χ2v) is 8.06. The minimum Gasteiger partial charge on any atom is -0.371 e. The molecule has 25 heavy (non-hydrogen) atoms. The maximum Gasteiger partial charge on any atom is 0.317 e. The highest BCUT2D eigenvalue weighted by atomic mass is 35.5. The second-order valence-electron chi connectivity index (χ2n) is 7.63. The van der Waals surface area contributed by atoms with Crippen LogP contribution < -0.4 is 10.2 Å². The number of nitrogens with zero attached hydrogens (tertiary/aromatic N) is 3. The topological polar surface area (TPSA) is 38.8 Å². The molecule has 0 spiro atoms. The molecule has 2 heterocycles. The van der Waals surface area contributed by atoms with Crippen LogP contribution in [0, 0.1) is 11.8 Å². The number of likely N-dealkylation sites (tertiary alicyclic amines) is 1. The maximum atomic E-state index is 12.4. The molecule has 138 valence electrons. The van der Waals surface area contributed by atoms with Crippen LogP contribution in [-0.4, -0.2) is 69.2 Å². The zero-order valence-corrected chi connectivity index (χ0v) is 16.0. The third-order valence-electron chi connectivity index (χ3n) is 5.22. The number of anilines is 1. The van der Waals surface area contributed by atoms with Crippen molar-refractivity contribution in [2.45, 2.75) is 12.8 Å². The second kappa shape index (κ2) is 8.28. The monoisotopic (exact) mass is 364 g/mol. The molecule has 0 saturated carbocycles. The zero-order valence-electron chi connectivity index (χ0n) is 15.2. The summed E-state index contributed by atoms with van der Waals surface area (Å²) in [7, 11) is 4.19. The van der Waals surface area contributed by atoms with Gasteiger partial charge in [-0.05, 0) is 63.0 Å². The van der Waals surface area contributed by atoms with Crippen LogP contribution in [0.4, 0.5) is 10.5 Å². The molecular formula is C19H29ClN4O. The van der Waals surface area contributed by atoms with Gasteiger partial charge < -0.3 is 20.0 Å². The molecule has 1 N–H and O–H groups in total. The highest BCUT2D eigenvalue weighted by Crippen LogP contribution is 2.25. The van der Waals surface area contributed by atoms with Gasteiger partial charge in [-0.25, -0.2) is 4.79 Å². The SMILES string of the molecule is CN(C)CC1CCN(C(=O)NCC2CCN(c3ccc(Cl)cc3)C2)C1. The summed E-state index contributed by atoms with van der Waals surface area (Å²) in [4.78, 5) is 18.9. The van der Waals surface area contributed by atoms with Crippen molar-refractivity contribution in [3.63, 3.8) is 0 Å². The average Bonchev–Trinajstić information content (AvgIpc) is 3.22. The lowest BCUT2D eigenvalue weighted by atomic mass is 10.1. The van der Waals surface area contributed by atoms with Crippen molar-refractivity contribution in [1.82, 2.24) is 15.1 Å². The van der Waals surface area contributed by atoms with E-state index in [0.717, 1.165) is 57.1 Å². The molecule has 6 heteroatoms. The first-order chi connectivity index (χ1) is 12.0. The lowest BCUT2D eigenvalue weighted by Crippen LogP contribution is -2.41. The summed E-state index contributed by atoms with van der Waals surface area (Å²) in [6, 6.07) is 8.11. The van der Waals surface area contributed by atoms with Crippen molar-refractivity contribution in [3.8, 4) is 0 Å².